The second-order valence-corrected chi connectivity index (χ2v) is 6.04. The van der Waals surface area contributed by atoms with Crippen LogP contribution in [0.3, 0.4) is 0 Å². The minimum absolute atomic E-state index is 0.0233. The zero-order valence-electron chi connectivity index (χ0n) is 13.8. The fourth-order valence-corrected chi connectivity index (χ4v) is 2.95. The predicted octanol–water partition coefficient (Wildman–Crippen LogP) is 1.37. The van der Waals surface area contributed by atoms with Gasteiger partial charge < -0.3 is 24.4 Å². The number of nitrogens with zero attached hydrogens (tertiary/aromatic N) is 2. The van der Waals surface area contributed by atoms with Gasteiger partial charge in [0.05, 0.1) is 13.2 Å². The quantitative estimate of drug-likeness (QED) is 0.671. The molecule has 0 radical (unpaired) electrons. The largest absolute Gasteiger partial charge is 0.486 e. The fourth-order valence-electron chi connectivity index (χ4n) is 2.95. The molecule has 1 fully saturated rings. The summed E-state index contributed by atoms with van der Waals surface area (Å²) in [5, 5.41) is 3.37. The van der Waals surface area contributed by atoms with Crippen LogP contribution < -0.4 is 14.8 Å². The van der Waals surface area contributed by atoms with Crippen molar-refractivity contribution in [3.8, 4) is 11.5 Å². The van der Waals surface area contributed by atoms with Crippen LogP contribution in [-0.2, 0) is 4.74 Å². The first kappa shape index (κ1) is 15.9. The maximum atomic E-state index is 5.96. The summed E-state index contributed by atoms with van der Waals surface area (Å²) in [6.07, 6.45) is 1.10. The van der Waals surface area contributed by atoms with Gasteiger partial charge in [0, 0.05) is 33.2 Å². The number of guanidine groups is 1. The third-order valence-corrected chi connectivity index (χ3v) is 4.18. The normalized spacial score (nSPS) is 23.7. The van der Waals surface area contributed by atoms with E-state index in [9.17, 15) is 0 Å². The van der Waals surface area contributed by atoms with Crippen molar-refractivity contribution in [2.24, 2.45) is 10.9 Å². The molecule has 2 unspecified atom stereocenters. The topological polar surface area (TPSA) is 55.3 Å². The van der Waals surface area contributed by atoms with Crippen LogP contribution in [0.25, 0.3) is 0 Å². The Labute approximate surface area is 137 Å². The van der Waals surface area contributed by atoms with Crippen LogP contribution in [0.2, 0.25) is 0 Å². The minimum atomic E-state index is -0.0233. The Balaban J connectivity index is 1.48. The van der Waals surface area contributed by atoms with E-state index in [2.05, 4.69) is 22.3 Å². The second-order valence-electron chi connectivity index (χ2n) is 6.04. The van der Waals surface area contributed by atoms with E-state index in [0.29, 0.717) is 19.1 Å². The number of aliphatic imine (C=N–C) groups is 1. The zero-order valence-corrected chi connectivity index (χ0v) is 13.8. The molecular formula is C17H25N3O3. The SMILES string of the molecule is CN=C(NCC1COc2ccccc2O1)N(C)CC1CCOC1. The van der Waals surface area contributed by atoms with Crippen molar-refractivity contribution in [3.05, 3.63) is 24.3 Å². The summed E-state index contributed by atoms with van der Waals surface area (Å²) in [7, 11) is 3.86. The van der Waals surface area contributed by atoms with E-state index in [1.165, 1.54) is 0 Å². The smallest absolute Gasteiger partial charge is 0.193 e. The van der Waals surface area contributed by atoms with Crippen molar-refractivity contribution in [1.29, 1.82) is 0 Å². The van der Waals surface area contributed by atoms with E-state index in [4.69, 9.17) is 14.2 Å². The van der Waals surface area contributed by atoms with Gasteiger partial charge in [0.2, 0.25) is 0 Å². The summed E-state index contributed by atoms with van der Waals surface area (Å²) in [6, 6.07) is 7.76. The summed E-state index contributed by atoms with van der Waals surface area (Å²) < 4.78 is 17.1. The Morgan fingerprint density at radius 3 is 2.87 bits per heavy atom. The van der Waals surface area contributed by atoms with Gasteiger partial charge in [-0.05, 0) is 18.6 Å². The molecule has 2 heterocycles. The third-order valence-electron chi connectivity index (χ3n) is 4.18. The number of para-hydroxylation sites is 2. The number of benzene rings is 1. The first-order valence-electron chi connectivity index (χ1n) is 8.14. The van der Waals surface area contributed by atoms with E-state index >= 15 is 0 Å². The Morgan fingerprint density at radius 1 is 1.30 bits per heavy atom. The number of rotatable bonds is 4. The van der Waals surface area contributed by atoms with Crippen molar-refractivity contribution < 1.29 is 14.2 Å². The van der Waals surface area contributed by atoms with Crippen LogP contribution in [-0.4, -0.2) is 64.0 Å². The molecule has 1 aromatic carbocycles. The van der Waals surface area contributed by atoms with Gasteiger partial charge in [-0.2, -0.15) is 0 Å². The van der Waals surface area contributed by atoms with Crippen LogP contribution in [0.15, 0.2) is 29.3 Å². The summed E-state index contributed by atoms with van der Waals surface area (Å²) in [4.78, 5) is 6.50. The molecular weight excluding hydrogens is 294 g/mol. The van der Waals surface area contributed by atoms with Gasteiger partial charge in [0.15, 0.2) is 17.5 Å². The highest BCUT2D eigenvalue weighted by Gasteiger charge is 2.22. The molecule has 126 valence electrons. The summed E-state index contributed by atoms with van der Waals surface area (Å²) >= 11 is 0. The van der Waals surface area contributed by atoms with Crippen LogP contribution >= 0.6 is 0 Å². The summed E-state index contributed by atoms with van der Waals surface area (Å²) in [6.45, 7) is 3.87. The van der Waals surface area contributed by atoms with Gasteiger partial charge >= 0.3 is 0 Å². The minimum Gasteiger partial charge on any atom is -0.486 e. The van der Waals surface area contributed by atoms with Crippen LogP contribution in [0.4, 0.5) is 0 Å². The molecule has 1 N–H and O–H groups in total. The second kappa shape index (κ2) is 7.55. The maximum absolute atomic E-state index is 5.96. The lowest BCUT2D eigenvalue weighted by molar-refractivity contribution is 0.0931. The van der Waals surface area contributed by atoms with Crippen molar-refractivity contribution in [2.75, 3.05) is 47.0 Å². The number of ether oxygens (including phenoxy) is 3. The summed E-state index contributed by atoms with van der Waals surface area (Å²) in [5.74, 6) is 3.07. The lowest BCUT2D eigenvalue weighted by atomic mass is 10.1. The van der Waals surface area contributed by atoms with Gasteiger partial charge in [0.1, 0.15) is 12.7 Å². The fraction of sp³-hybridized carbons (Fsp3) is 0.588. The molecule has 2 aliphatic heterocycles. The van der Waals surface area contributed by atoms with Gasteiger partial charge in [-0.3, -0.25) is 4.99 Å². The van der Waals surface area contributed by atoms with Crippen molar-refractivity contribution in [2.45, 2.75) is 12.5 Å². The van der Waals surface area contributed by atoms with Gasteiger partial charge in [-0.15, -0.1) is 0 Å². The highest BCUT2D eigenvalue weighted by molar-refractivity contribution is 5.79. The molecule has 6 heteroatoms. The number of nitrogens with one attached hydrogen (secondary N) is 1. The Morgan fingerprint density at radius 2 is 2.13 bits per heavy atom. The number of fused-ring (bicyclic) bond motifs is 1. The Hall–Kier alpha value is -1.95. The summed E-state index contributed by atoms with van der Waals surface area (Å²) in [5.41, 5.74) is 0. The van der Waals surface area contributed by atoms with E-state index in [1.807, 2.05) is 24.3 Å². The molecule has 2 atom stereocenters. The number of hydrogen-bond acceptors (Lipinski definition) is 4. The van der Waals surface area contributed by atoms with E-state index < -0.39 is 0 Å². The van der Waals surface area contributed by atoms with Gasteiger partial charge in [-0.1, -0.05) is 12.1 Å². The van der Waals surface area contributed by atoms with Crippen LogP contribution in [0.5, 0.6) is 11.5 Å². The monoisotopic (exact) mass is 319 g/mol. The molecule has 23 heavy (non-hydrogen) atoms. The van der Waals surface area contributed by atoms with E-state index in [1.54, 1.807) is 7.05 Å². The molecule has 0 aliphatic carbocycles. The molecule has 1 saturated heterocycles. The maximum Gasteiger partial charge on any atom is 0.193 e. The van der Waals surface area contributed by atoms with E-state index in [-0.39, 0.29) is 6.10 Å². The average Bonchev–Trinajstić information content (AvgIpc) is 3.08. The lowest BCUT2D eigenvalue weighted by Crippen LogP contribution is -2.47. The molecule has 0 saturated carbocycles. The highest BCUT2D eigenvalue weighted by atomic mass is 16.6. The van der Waals surface area contributed by atoms with Crippen LogP contribution in [0.1, 0.15) is 6.42 Å². The average molecular weight is 319 g/mol. The molecule has 2 aliphatic rings. The van der Waals surface area contributed by atoms with Crippen molar-refractivity contribution >= 4 is 5.96 Å². The highest BCUT2D eigenvalue weighted by Crippen LogP contribution is 2.30. The third kappa shape index (κ3) is 4.07. The molecule has 3 rings (SSSR count). The van der Waals surface area contributed by atoms with Crippen molar-refractivity contribution in [3.63, 3.8) is 0 Å². The number of hydrogen-bond donors (Lipinski definition) is 1. The van der Waals surface area contributed by atoms with E-state index in [0.717, 1.165) is 43.6 Å². The first-order chi connectivity index (χ1) is 11.3. The molecule has 0 amide bonds. The van der Waals surface area contributed by atoms with Crippen molar-refractivity contribution in [1.82, 2.24) is 10.2 Å². The molecule has 6 nitrogen and oxygen atoms in total. The molecule has 0 spiro atoms. The lowest BCUT2D eigenvalue weighted by Gasteiger charge is -2.29. The molecule has 1 aromatic rings. The Bertz CT molecular complexity index is 544. The predicted molar refractivity (Wildman–Crippen MR) is 89.3 cm³/mol. The molecule has 0 bridgehead atoms. The Kier molecular flexibility index (Phi) is 5.23. The zero-order chi connectivity index (χ0) is 16.1. The standard InChI is InChI=1S/C17H25N3O3/c1-18-17(20(2)10-13-7-8-21-11-13)19-9-14-12-22-15-5-3-4-6-16(15)23-14/h3-6,13-14H,7-12H2,1-2H3,(H,18,19). The molecule has 0 aromatic heterocycles. The first-order valence-corrected chi connectivity index (χ1v) is 8.14. The van der Waals surface area contributed by atoms with Gasteiger partial charge in [-0.25, -0.2) is 0 Å². The van der Waals surface area contributed by atoms with Crippen LogP contribution in [0, 0.1) is 5.92 Å². The van der Waals surface area contributed by atoms with Gasteiger partial charge in [0.25, 0.3) is 0 Å².